The molecule has 7 heteroatoms. The van der Waals surface area contributed by atoms with Crippen molar-refractivity contribution < 1.29 is 4.74 Å². The Balaban J connectivity index is 2.33. The SMILES string of the molecule is CCCCSc1nnc(-c2cn(CC)nc2OCC)n1CC. The predicted octanol–water partition coefficient (Wildman–Crippen LogP) is 3.47. The average Bonchev–Trinajstić information content (AvgIpc) is 3.11. The van der Waals surface area contributed by atoms with Gasteiger partial charge >= 0.3 is 0 Å². The normalized spacial score (nSPS) is 11.1. The van der Waals surface area contributed by atoms with E-state index in [1.165, 1.54) is 12.8 Å². The molecule has 0 unspecified atom stereocenters. The summed E-state index contributed by atoms with van der Waals surface area (Å²) in [5.41, 5.74) is 0.917. The van der Waals surface area contributed by atoms with Crippen LogP contribution in [0.3, 0.4) is 0 Å². The molecule has 2 aromatic heterocycles. The minimum atomic E-state index is 0.589. The fraction of sp³-hybridized carbons (Fsp3) is 0.667. The molecular weight excluding hydrogens is 298 g/mol. The Bertz CT molecular complexity index is 593. The van der Waals surface area contributed by atoms with Crippen molar-refractivity contribution >= 4 is 11.8 Å². The van der Waals surface area contributed by atoms with Crippen LogP contribution in [0.15, 0.2) is 11.4 Å². The molecule has 0 saturated heterocycles. The van der Waals surface area contributed by atoms with Crippen LogP contribution in [-0.2, 0) is 13.1 Å². The first kappa shape index (κ1) is 16.9. The number of thioether (sulfide) groups is 1. The van der Waals surface area contributed by atoms with Gasteiger partial charge < -0.3 is 9.30 Å². The topological polar surface area (TPSA) is 57.8 Å². The first-order valence-corrected chi connectivity index (χ1v) is 9.00. The second-order valence-corrected chi connectivity index (χ2v) is 5.95. The molecule has 0 N–H and O–H groups in total. The molecule has 22 heavy (non-hydrogen) atoms. The van der Waals surface area contributed by atoms with Crippen molar-refractivity contribution in [1.29, 1.82) is 0 Å². The Hall–Kier alpha value is -1.50. The van der Waals surface area contributed by atoms with E-state index in [2.05, 4.69) is 40.6 Å². The summed E-state index contributed by atoms with van der Waals surface area (Å²) in [5.74, 6) is 2.54. The second kappa shape index (κ2) is 8.22. The Labute approximate surface area is 136 Å². The van der Waals surface area contributed by atoms with Crippen molar-refractivity contribution in [3.05, 3.63) is 6.20 Å². The Morgan fingerprint density at radius 1 is 1.14 bits per heavy atom. The van der Waals surface area contributed by atoms with Crippen LogP contribution in [0.4, 0.5) is 0 Å². The zero-order valence-electron chi connectivity index (χ0n) is 13.9. The summed E-state index contributed by atoms with van der Waals surface area (Å²) in [6.07, 6.45) is 4.37. The molecule has 0 amide bonds. The van der Waals surface area contributed by atoms with Crippen molar-refractivity contribution in [1.82, 2.24) is 24.5 Å². The maximum absolute atomic E-state index is 5.66. The number of aromatic nitrogens is 5. The third kappa shape index (κ3) is 3.63. The van der Waals surface area contributed by atoms with Crippen molar-refractivity contribution in [3.63, 3.8) is 0 Å². The molecule has 0 aliphatic carbocycles. The summed E-state index contributed by atoms with van der Waals surface area (Å²) in [6.45, 7) is 10.6. The van der Waals surface area contributed by atoms with Crippen LogP contribution in [0.25, 0.3) is 11.4 Å². The monoisotopic (exact) mass is 323 g/mol. The lowest BCUT2D eigenvalue weighted by atomic mass is 10.3. The number of nitrogens with zero attached hydrogens (tertiary/aromatic N) is 5. The van der Waals surface area contributed by atoms with Crippen LogP contribution in [0.2, 0.25) is 0 Å². The molecule has 0 bridgehead atoms. The van der Waals surface area contributed by atoms with E-state index in [4.69, 9.17) is 4.74 Å². The Morgan fingerprint density at radius 3 is 2.59 bits per heavy atom. The Kier molecular flexibility index (Phi) is 6.30. The van der Waals surface area contributed by atoms with Gasteiger partial charge in [0.15, 0.2) is 11.0 Å². The highest BCUT2D eigenvalue weighted by Gasteiger charge is 2.20. The summed E-state index contributed by atoms with van der Waals surface area (Å²) in [4.78, 5) is 0. The third-order valence-electron chi connectivity index (χ3n) is 3.34. The lowest BCUT2D eigenvalue weighted by Gasteiger charge is -2.07. The number of hydrogen-bond acceptors (Lipinski definition) is 5. The van der Waals surface area contributed by atoms with Gasteiger partial charge in [-0.3, -0.25) is 4.68 Å². The fourth-order valence-corrected chi connectivity index (χ4v) is 3.24. The van der Waals surface area contributed by atoms with Gasteiger partial charge in [-0.25, -0.2) is 0 Å². The molecule has 0 fully saturated rings. The molecule has 0 aromatic carbocycles. The molecule has 2 rings (SSSR count). The highest BCUT2D eigenvalue weighted by Crippen LogP contribution is 2.30. The second-order valence-electron chi connectivity index (χ2n) is 4.89. The molecule has 0 aliphatic heterocycles. The summed E-state index contributed by atoms with van der Waals surface area (Å²) < 4.78 is 9.67. The maximum Gasteiger partial charge on any atom is 0.243 e. The van der Waals surface area contributed by atoms with E-state index in [9.17, 15) is 0 Å². The van der Waals surface area contributed by atoms with E-state index < -0.39 is 0 Å². The minimum absolute atomic E-state index is 0.589. The van der Waals surface area contributed by atoms with Gasteiger partial charge in [0.2, 0.25) is 5.88 Å². The van der Waals surface area contributed by atoms with Gasteiger partial charge in [0, 0.05) is 25.0 Å². The van der Waals surface area contributed by atoms with Gasteiger partial charge in [-0.1, -0.05) is 25.1 Å². The summed E-state index contributed by atoms with van der Waals surface area (Å²) in [6, 6.07) is 0. The van der Waals surface area contributed by atoms with Crippen LogP contribution in [-0.4, -0.2) is 36.9 Å². The molecule has 2 heterocycles. The summed E-state index contributed by atoms with van der Waals surface area (Å²) in [5, 5.41) is 14.2. The van der Waals surface area contributed by atoms with E-state index in [0.717, 1.165) is 35.4 Å². The first-order valence-electron chi connectivity index (χ1n) is 8.01. The van der Waals surface area contributed by atoms with Crippen LogP contribution in [0.1, 0.15) is 40.5 Å². The smallest absolute Gasteiger partial charge is 0.243 e. The molecule has 0 radical (unpaired) electrons. The molecule has 0 atom stereocenters. The first-order chi connectivity index (χ1) is 10.7. The number of rotatable bonds is 9. The Morgan fingerprint density at radius 2 is 1.95 bits per heavy atom. The van der Waals surface area contributed by atoms with Gasteiger partial charge in [0.1, 0.15) is 5.56 Å². The van der Waals surface area contributed by atoms with E-state index >= 15 is 0 Å². The molecule has 0 spiro atoms. The van der Waals surface area contributed by atoms with E-state index in [1.807, 2.05) is 17.8 Å². The standard InChI is InChI=1S/C15H25N5OS/c1-5-9-10-22-15-17-16-13(20(15)7-3)12-11-19(6-2)18-14(12)21-8-4/h11H,5-10H2,1-4H3. The molecular formula is C15H25N5OS. The lowest BCUT2D eigenvalue weighted by Crippen LogP contribution is -2.01. The van der Waals surface area contributed by atoms with Gasteiger partial charge in [0.25, 0.3) is 0 Å². The van der Waals surface area contributed by atoms with Crippen molar-refractivity contribution in [2.24, 2.45) is 0 Å². The van der Waals surface area contributed by atoms with E-state index in [1.54, 1.807) is 11.8 Å². The van der Waals surface area contributed by atoms with Crippen molar-refractivity contribution in [2.75, 3.05) is 12.4 Å². The number of ether oxygens (including phenoxy) is 1. The quantitative estimate of drug-likeness (QED) is 0.522. The summed E-state index contributed by atoms with van der Waals surface area (Å²) >= 11 is 1.76. The van der Waals surface area contributed by atoms with Gasteiger partial charge in [0.05, 0.1) is 6.61 Å². The predicted molar refractivity (Wildman–Crippen MR) is 89.4 cm³/mol. The number of hydrogen-bond donors (Lipinski definition) is 0. The molecule has 2 aromatic rings. The molecule has 0 saturated carbocycles. The summed E-state index contributed by atoms with van der Waals surface area (Å²) in [7, 11) is 0. The molecule has 6 nitrogen and oxygen atoms in total. The zero-order chi connectivity index (χ0) is 15.9. The van der Waals surface area contributed by atoms with Crippen molar-refractivity contribution in [2.45, 2.75) is 58.8 Å². The number of unbranched alkanes of at least 4 members (excludes halogenated alkanes) is 1. The minimum Gasteiger partial charge on any atom is -0.476 e. The largest absolute Gasteiger partial charge is 0.476 e. The van der Waals surface area contributed by atoms with Crippen LogP contribution < -0.4 is 4.74 Å². The fourth-order valence-electron chi connectivity index (χ4n) is 2.15. The number of aryl methyl sites for hydroxylation is 1. The average molecular weight is 323 g/mol. The highest BCUT2D eigenvalue weighted by molar-refractivity contribution is 7.99. The maximum atomic E-state index is 5.66. The third-order valence-corrected chi connectivity index (χ3v) is 4.39. The van der Waals surface area contributed by atoms with Gasteiger partial charge in [-0.15, -0.1) is 15.3 Å². The zero-order valence-corrected chi connectivity index (χ0v) is 14.7. The molecule has 0 aliphatic rings. The van der Waals surface area contributed by atoms with Crippen molar-refractivity contribution in [3.8, 4) is 17.3 Å². The van der Waals surface area contributed by atoms with Crippen LogP contribution >= 0.6 is 11.8 Å². The van der Waals surface area contributed by atoms with Crippen LogP contribution in [0.5, 0.6) is 5.88 Å². The van der Waals surface area contributed by atoms with Gasteiger partial charge in [-0.05, 0) is 27.2 Å². The molecule has 122 valence electrons. The van der Waals surface area contributed by atoms with E-state index in [0.29, 0.717) is 12.5 Å². The van der Waals surface area contributed by atoms with E-state index in [-0.39, 0.29) is 0 Å². The lowest BCUT2D eigenvalue weighted by molar-refractivity contribution is 0.322. The van der Waals surface area contributed by atoms with Crippen LogP contribution in [0, 0.1) is 0 Å². The highest BCUT2D eigenvalue weighted by atomic mass is 32.2. The van der Waals surface area contributed by atoms with Gasteiger partial charge in [-0.2, -0.15) is 0 Å².